The van der Waals surface area contributed by atoms with Crippen LogP contribution >= 0.6 is 0 Å². The molecule has 0 saturated carbocycles. The van der Waals surface area contributed by atoms with E-state index in [2.05, 4.69) is 44.2 Å². The van der Waals surface area contributed by atoms with Gasteiger partial charge in [0.15, 0.2) is 0 Å². The Kier molecular flexibility index (Phi) is 39.5. The van der Waals surface area contributed by atoms with Crippen LogP contribution in [0.5, 0.6) is 0 Å². The maximum absolute atomic E-state index is 6.38. The summed E-state index contributed by atoms with van der Waals surface area (Å²) in [6.45, 7) is 8.57. The molecule has 0 unspecified atom stereocenters. The van der Waals surface area contributed by atoms with Gasteiger partial charge in [0.25, 0.3) is 0 Å². The summed E-state index contributed by atoms with van der Waals surface area (Å²) in [5.41, 5.74) is 1.25. The van der Waals surface area contributed by atoms with Gasteiger partial charge in [0.2, 0.25) is 0 Å². The second kappa shape index (κ2) is 41.9. The van der Waals surface area contributed by atoms with E-state index >= 15 is 0 Å². The highest BCUT2D eigenvalue weighted by Gasteiger charge is 2.10. The van der Waals surface area contributed by atoms with Crippen LogP contribution < -0.4 is 0 Å². The molecule has 3 heteroatoms. The third kappa shape index (κ3) is 37.2. The molecule has 1 atom stereocenters. The second-order valence-electron chi connectivity index (χ2n) is 15.9. The zero-order chi connectivity index (χ0) is 36.4. The number of benzene rings is 1. The molecule has 1 rings (SSSR count). The van der Waals surface area contributed by atoms with Gasteiger partial charge in [0.1, 0.15) is 0 Å². The third-order valence-corrected chi connectivity index (χ3v) is 10.7. The van der Waals surface area contributed by atoms with Crippen molar-refractivity contribution in [1.29, 1.82) is 0 Å². The lowest BCUT2D eigenvalue weighted by atomic mass is 10.0. The maximum atomic E-state index is 6.38. The van der Waals surface area contributed by atoms with Crippen molar-refractivity contribution < 1.29 is 14.2 Å². The third-order valence-electron chi connectivity index (χ3n) is 10.7. The molecular weight excluding hydrogens is 625 g/mol. The average Bonchev–Trinajstić information content (AvgIpc) is 3.15. The number of ether oxygens (including phenoxy) is 3. The highest BCUT2D eigenvalue weighted by Crippen LogP contribution is 2.16. The average molecular weight is 715 g/mol. The predicted octanol–water partition coefficient (Wildman–Crippen LogP) is 15.9. The monoisotopic (exact) mass is 715 g/mol. The first kappa shape index (κ1) is 48.1. The first-order valence-corrected chi connectivity index (χ1v) is 23.2. The zero-order valence-corrected chi connectivity index (χ0v) is 34.8. The van der Waals surface area contributed by atoms with Crippen LogP contribution in [-0.4, -0.2) is 32.5 Å². The van der Waals surface area contributed by atoms with Crippen LogP contribution in [-0.2, 0) is 20.8 Å². The van der Waals surface area contributed by atoms with E-state index in [4.69, 9.17) is 14.2 Å². The van der Waals surface area contributed by atoms with Crippen molar-refractivity contribution in [3.8, 4) is 0 Å². The van der Waals surface area contributed by atoms with Gasteiger partial charge in [-0.25, -0.2) is 0 Å². The summed E-state index contributed by atoms with van der Waals surface area (Å²) < 4.78 is 18.5. The van der Waals surface area contributed by atoms with Gasteiger partial charge >= 0.3 is 0 Å². The molecule has 0 saturated heterocycles. The Bertz CT molecular complexity index is 752. The van der Waals surface area contributed by atoms with Crippen LogP contribution in [0.15, 0.2) is 30.3 Å². The standard InChI is InChI=1S/C48H90O3/c1-3-5-7-9-11-13-15-17-19-21-23-25-27-29-31-36-42-50-46-48(41-38-43-49-45-47-39-34-33-35-40-47)51-44-37-32-30-28-26-24-22-20-18-16-14-12-10-8-6-4-2/h33-35,39-40,48H,3-32,36-38,41-46H2,1-2H3/t48-/m0/s1. The van der Waals surface area contributed by atoms with Crippen LogP contribution in [0, 0.1) is 0 Å². The lowest BCUT2D eigenvalue weighted by molar-refractivity contribution is -0.0269. The molecule has 1 aromatic rings. The summed E-state index contributed by atoms with van der Waals surface area (Å²) in [5.74, 6) is 0. The van der Waals surface area contributed by atoms with Gasteiger partial charge in [-0.2, -0.15) is 0 Å². The van der Waals surface area contributed by atoms with E-state index in [1.807, 2.05) is 0 Å². The van der Waals surface area contributed by atoms with Gasteiger partial charge in [-0.15, -0.1) is 0 Å². The molecular formula is C48H90O3. The summed E-state index contributed by atoms with van der Waals surface area (Å²) in [7, 11) is 0. The van der Waals surface area contributed by atoms with Crippen molar-refractivity contribution in [3.63, 3.8) is 0 Å². The van der Waals surface area contributed by atoms with Gasteiger partial charge in [-0.3, -0.25) is 0 Å². The molecule has 0 aliphatic heterocycles. The Hall–Kier alpha value is -0.900. The molecule has 0 aliphatic carbocycles. The Balaban J connectivity index is 2.03. The summed E-state index contributed by atoms with van der Waals surface area (Å²) >= 11 is 0. The predicted molar refractivity (Wildman–Crippen MR) is 225 cm³/mol. The van der Waals surface area contributed by atoms with Gasteiger partial charge < -0.3 is 14.2 Å². The van der Waals surface area contributed by atoms with Crippen molar-refractivity contribution in [2.75, 3.05) is 26.4 Å². The number of hydrogen-bond donors (Lipinski definition) is 0. The Morgan fingerprint density at radius 1 is 0.373 bits per heavy atom. The summed E-state index contributed by atoms with van der Waals surface area (Å²) in [6, 6.07) is 10.5. The van der Waals surface area contributed by atoms with E-state index in [-0.39, 0.29) is 6.10 Å². The molecule has 0 spiro atoms. The van der Waals surface area contributed by atoms with Crippen LogP contribution in [0.1, 0.15) is 238 Å². The topological polar surface area (TPSA) is 27.7 Å². The normalized spacial score (nSPS) is 12.2. The highest BCUT2D eigenvalue weighted by molar-refractivity contribution is 5.13. The number of rotatable bonds is 43. The van der Waals surface area contributed by atoms with E-state index in [9.17, 15) is 0 Å². The summed E-state index contributed by atoms with van der Waals surface area (Å²) in [6.07, 6.45) is 47.2. The molecule has 3 nitrogen and oxygen atoms in total. The smallest absolute Gasteiger partial charge is 0.0809 e. The van der Waals surface area contributed by atoms with E-state index in [0.717, 1.165) is 39.3 Å². The first-order valence-electron chi connectivity index (χ1n) is 23.2. The molecule has 300 valence electrons. The molecule has 0 bridgehead atoms. The fourth-order valence-electron chi connectivity index (χ4n) is 7.26. The minimum Gasteiger partial charge on any atom is -0.379 e. The molecule has 0 amide bonds. The lowest BCUT2D eigenvalue weighted by Gasteiger charge is -2.18. The lowest BCUT2D eigenvalue weighted by Crippen LogP contribution is -2.21. The van der Waals surface area contributed by atoms with E-state index in [0.29, 0.717) is 6.61 Å². The highest BCUT2D eigenvalue weighted by atomic mass is 16.5. The second-order valence-corrected chi connectivity index (χ2v) is 15.9. The Labute approximate surface area is 320 Å². The fraction of sp³-hybridized carbons (Fsp3) is 0.875. The molecule has 0 aromatic heterocycles. The van der Waals surface area contributed by atoms with Gasteiger partial charge in [0, 0.05) is 19.8 Å². The van der Waals surface area contributed by atoms with Crippen LogP contribution in [0.25, 0.3) is 0 Å². The number of unbranched alkanes of at least 4 members (excludes halogenated alkanes) is 30. The minimum absolute atomic E-state index is 0.197. The largest absolute Gasteiger partial charge is 0.379 e. The summed E-state index contributed by atoms with van der Waals surface area (Å²) in [4.78, 5) is 0. The molecule has 0 radical (unpaired) electrons. The maximum Gasteiger partial charge on any atom is 0.0809 e. The fourth-order valence-corrected chi connectivity index (χ4v) is 7.26. The van der Waals surface area contributed by atoms with Crippen LogP contribution in [0.4, 0.5) is 0 Å². The van der Waals surface area contributed by atoms with Crippen molar-refractivity contribution in [1.82, 2.24) is 0 Å². The summed E-state index contributed by atoms with van der Waals surface area (Å²) in [5, 5.41) is 0. The number of hydrogen-bond acceptors (Lipinski definition) is 3. The van der Waals surface area contributed by atoms with Crippen LogP contribution in [0.3, 0.4) is 0 Å². The molecule has 0 aliphatic rings. The van der Waals surface area contributed by atoms with Crippen molar-refractivity contribution in [3.05, 3.63) is 35.9 Å². The van der Waals surface area contributed by atoms with Gasteiger partial charge in [-0.05, 0) is 31.2 Å². The van der Waals surface area contributed by atoms with Crippen molar-refractivity contribution >= 4 is 0 Å². The molecule has 51 heavy (non-hydrogen) atoms. The molecule has 0 heterocycles. The first-order chi connectivity index (χ1) is 25.4. The van der Waals surface area contributed by atoms with E-state index in [1.165, 1.54) is 211 Å². The zero-order valence-electron chi connectivity index (χ0n) is 34.8. The van der Waals surface area contributed by atoms with Crippen LogP contribution in [0.2, 0.25) is 0 Å². The Morgan fingerprint density at radius 3 is 1.14 bits per heavy atom. The van der Waals surface area contributed by atoms with Gasteiger partial charge in [-0.1, -0.05) is 237 Å². The molecule has 0 fully saturated rings. The van der Waals surface area contributed by atoms with Crippen molar-refractivity contribution in [2.45, 2.75) is 245 Å². The minimum atomic E-state index is 0.197. The Morgan fingerprint density at radius 2 is 0.725 bits per heavy atom. The van der Waals surface area contributed by atoms with Gasteiger partial charge in [0.05, 0.1) is 19.3 Å². The van der Waals surface area contributed by atoms with E-state index in [1.54, 1.807) is 0 Å². The van der Waals surface area contributed by atoms with Crippen molar-refractivity contribution in [2.24, 2.45) is 0 Å². The quantitative estimate of drug-likeness (QED) is 0.0630. The van der Waals surface area contributed by atoms with E-state index < -0.39 is 0 Å². The molecule has 1 aromatic carbocycles. The SMILES string of the molecule is CCCCCCCCCCCCCCCCCCOC[C@H](CCCOCc1ccccc1)OCCCCCCCCCCCCCCCCCC. The molecule has 0 N–H and O–H groups in total.